The molecule has 0 fully saturated rings. The summed E-state index contributed by atoms with van der Waals surface area (Å²) >= 11 is 0. The number of oxazole rings is 1. The first-order valence-corrected chi connectivity index (χ1v) is 11.6. The van der Waals surface area contributed by atoms with E-state index in [2.05, 4.69) is 46.4 Å². The Kier molecular flexibility index (Phi) is 6.81. The molecule has 4 rings (SSSR count). The van der Waals surface area contributed by atoms with E-state index in [4.69, 9.17) is 4.42 Å². The molecule has 0 aliphatic heterocycles. The predicted octanol–water partition coefficient (Wildman–Crippen LogP) is 4.80. The fourth-order valence-corrected chi connectivity index (χ4v) is 3.85. The second-order valence-electron chi connectivity index (χ2n) is 8.67. The number of rotatable bonds is 8. The molecule has 0 saturated carbocycles. The highest BCUT2D eigenvalue weighted by Gasteiger charge is 2.17. The van der Waals surface area contributed by atoms with Gasteiger partial charge in [-0.2, -0.15) is 0 Å². The Bertz CT molecular complexity index is 1360. The zero-order valence-corrected chi connectivity index (χ0v) is 19.9. The minimum atomic E-state index is -0.349. The number of nitrogens with zero attached hydrogens (tertiary/aromatic N) is 3. The summed E-state index contributed by atoms with van der Waals surface area (Å²) in [5.41, 5.74) is 3.54. The SMILES string of the molecule is CCCc1cnc(-c2cc(-c3ccn(CC(C)C)c(=O)c3)cc3nc(NC(=O)NCC)[nH]c23)o1. The summed E-state index contributed by atoms with van der Waals surface area (Å²) in [6, 6.07) is 7.02. The molecule has 0 bridgehead atoms. The number of hydrogen-bond acceptors (Lipinski definition) is 5. The van der Waals surface area contributed by atoms with Gasteiger partial charge in [0.05, 0.1) is 22.8 Å². The molecular formula is C25H30N6O3. The number of benzene rings is 1. The maximum absolute atomic E-state index is 12.7. The van der Waals surface area contributed by atoms with Crippen molar-refractivity contribution in [3.8, 4) is 22.6 Å². The van der Waals surface area contributed by atoms with Crippen molar-refractivity contribution in [3.63, 3.8) is 0 Å². The van der Waals surface area contributed by atoms with Gasteiger partial charge in [-0.1, -0.05) is 20.8 Å². The number of carbonyl (C=O) groups is 1. The first-order valence-electron chi connectivity index (χ1n) is 11.6. The van der Waals surface area contributed by atoms with Crippen molar-refractivity contribution in [1.29, 1.82) is 0 Å². The van der Waals surface area contributed by atoms with Crippen LogP contribution >= 0.6 is 0 Å². The third-order valence-electron chi connectivity index (χ3n) is 5.33. The lowest BCUT2D eigenvalue weighted by Crippen LogP contribution is -2.28. The van der Waals surface area contributed by atoms with Gasteiger partial charge in [-0.05, 0) is 48.6 Å². The summed E-state index contributed by atoms with van der Waals surface area (Å²) in [6.45, 7) is 9.24. The van der Waals surface area contributed by atoms with E-state index in [0.29, 0.717) is 47.4 Å². The number of imidazole rings is 1. The van der Waals surface area contributed by atoms with Crippen LogP contribution in [0.3, 0.4) is 0 Å². The number of nitrogens with one attached hydrogen (secondary N) is 3. The molecule has 178 valence electrons. The van der Waals surface area contributed by atoms with Crippen LogP contribution in [0, 0.1) is 5.92 Å². The van der Waals surface area contributed by atoms with Crippen molar-refractivity contribution >= 4 is 23.0 Å². The number of pyridine rings is 1. The van der Waals surface area contributed by atoms with Gasteiger partial charge in [-0.25, -0.2) is 14.8 Å². The van der Waals surface area contributed by atoms with Gasteiger partial charge in [0, 0.05) is 31.8 Å². The van der Waals surface area contributed by atoms with Gasteiger partial charge in [0.2, 0.25) is 11.8 Å². The quantitative estimate of drug-likeness (QED) is 0.348. The number of urea groups is 1. The number of aryl methyl sites for hydroxylation is 1. The fourth-order valence-electron chi connectivity index (χ4n) is 3.85. The van der Waals surface area contributed by atoms with Crippen molar-refractivity contribution < 1.29 is 9.21 Å². The van der Waals surface area contributed by atoms with Crippen LogP contribution in [0.1, 0.15) is 39.9 Å². The second-order valence-corrected chi connectivity index (χ2v) is 8.67. The van der Waals surface area contributed by atoms with Gasteiger partial charge in [0.1, 0.15) is 5.76 Å². The minimum absolute atomic E-state index is 0.0603. The van der Waals surface area contributed by atoms with Gasteiger partial charge in [0.15, 0.2) is 0 Å². The van der Waals surface area contributed by atoms with Crippen LogP contribution in [-0.2, 0) is 13.0 Å². The van der Waals surface area contributed by atoms with Crippen LogP contribution in [0.25, 0.3) is 33.6 Å². The molecule has 0 saturated heterocycles. The van der Waals surface area contributed by atoms with E-state index in [-0.39, 0.29) is 11.6 Å². The lowest BCUT2D eigenvalue weighted by molar-refractivity contribution is 0.252. The molecule has 0 aliphatic carbocycles. The number of anilines is 1. The molecule has 0 spiro atoms. The molecule has 2 amide bonds. The van der Waals surface area contributed by atoms with Crippen molar-refractivity contribution in [1.82, 2.24) is 24.8 Å². The lowest BCUT2D eigenvalue weighted by atomic mass is 10.0. The normalized spacial score (nSPS) is 11.3. The van der Waals surface area contributed by atoms with Crippen LogP contribution in [-0.4, -0.2) is 32.1 Å². The molecule has 34 heavy (non-hydrogen) atoms. The van der Waals surface area contributed by atoms with E-state index in [9.17, 15) is 9.59 Å². The van der Waals surface area contributed by atoms with Crippen molar-refractivity contribution in [2.24, 2.45) is 5.92 Å². The van der Waals surface area contributed by atoms with E-state index in [1.54, 1.807) is 16.8 Å². The highest BCUT2D eigenvalue weighted by atomic mass is 16.4. The Hall–Kier alpha value is -3.88. The number of hydrogen-bond donors (Lipinski definition) is 3. The van der Waals surface area contributed by atoms with Gasteiger partial charge >= 0.3 is 6.03 Å². The molecule has 4 aromatic rings. The standard InChI is InChI=1S/C25H30N6O3/c1-5-7-18-13-27-23(34-18)19-10-17(16-8-9-31(14-15(3)4)21(32)12-16)11-20-22(19)29-24(28-20)30-25(33)26-6-2/h8-13,15H,5-7,14H2,1-4H3,(H3,26,28,29,30,33). The van der Waals surface area contributed by atoms with E-state index in [1.165, 1.54) is 0 Å². The maximum atomic E-state index is 12.7. The van der Waals surface area contributed by atoms with Crippen LogP contribution in [0.2, 0.25) is 0 Å². The summed E-state index contributed by atoms with van der Waals surface area (Å²) in [5.74, 6) is 1.94. The summed E-state index contributed by atoms with van der Waals surface area (Å²) in [7, 11) is 0. The number of amides is 2. The molecule has 3 aromatic heterocycles. The highest BCUT2D eigenvalue weighted by Crippen LogP contribution is 2.33. The predicted molar refractivity (Wildman–Crippen MR) is 133 cm³/mol. The van der Waals surface area contributed by atoms with Gasteiger partial charge in [-0.15, -0.1) is 0 Å². The Morgan fingerprint density at radius 3 is 2.74 bits per heavy atom. The first-order chi connectivity index (χ1) is 16.4. The lowest BCUT2D eigenvalue weighted by Gasteiger charge is -2.10. The molecule has 3 heterocycles. The maximum Gasteiger partial charge on any atom is 0.321 e. The molecule has 9 heteroatoms. The minimum Gasteiger partial charge on any atom is -0.441 e. The second kappa shape index (κ2) is 9.94. The van der Waals surface area contributed by atoms with Crippen LogP contribution in [0.5, 0.6) is 0 Å². The topological polar surface area (TPSA) is 118 Å². The van der Waals surface area contributed by atoms with Crippen LogP contribution < -0.4 is 16.2 Å². The van der Waals surface area contributed by atoms with Gasteiger partial charge in [-0.3, -0.25) is 10.1 Å². The molecule has 9 nitrogen and oxygen atoms in total. The average Bonchev–Trinajstić information content (AvgIpc) is 3.41. The average molecular weight is 463 g/mol. The third-order valence-corrected chi connectivity index (χ3v) is 5.33. The zero-order chi connectivity index (χ0) is 24.2. The van der Waals surface area contributed by atoms with Crippen LogP contribution in [0.4, 0.5) is 10.7 Å². The fraction of sp³-hybridized carbons (Fsp3) is 0.360. The molecular weight excluding hydrogens is 432 g/mol. The molecule has 0 aliphatic rings. The Morgan fingerprint density at radius 2 is 2.03 bits per heavy atom. The number of aromatic nitrogens is 4. The Balaban J connectivity index is 1.82. The molecule has 0 radical (unpaired) electrons. The molecule has 0 atom stereocenters. The number of fused-ring (bicyclic) bond motifs is 1. The van der Waals surface area contributed by atoms with Gasteiger partial charge in [0.25, 0.3) is 5.56 Å². The Labute approximate surface area is 197 Å². The summed E-state index contributed by atoms with van der Waals surface area (Å²) in [4.78, 5) is 36.9. The van der Waals surface area contributed by atoms with E-state index < -0.39 is 0 Å². The van der Waals surface area contributed by atoms with Crippen molar-refractivity contribution in [3.05, 3.63) is 52.8 Å². The van der Waals surface area contributed by atoms with E-state index in [0.717, 1.165) is 29.7 Å². The summed E-state index contributed by atoms with van der Waals surface area (Å²) in [6.07, 6.45) is 5.28. The van der Waals surface area contributed by atoms with E-state index >= 15 is 0 Å². The van der Waals surface area contributed by atoms with E-state index in [1.807, 2.05) is 31.3 Å². The summed E-state index contributed by atoms with van der Waals surface area (Å²) in [5, 5.41) is 5.40. The summed E-state index contributed by atoms with van der Waals surface area (Å²) < 4.78 is 7.71. The highest BCUT2D eigenvalue weighted by molar-refractivity contribution is 5.97. The van der Waals surface area contributed by atoms with Crippen LogP contribution in [0.15, 0.2) is 45.9 Å². The largest absolute Gasteiger partial charge is 0.441 e. The first kappa shape index (κ1) is 23.3. The Morgan fingerprint density at radius 1 is 1.21 bits per heavy atom. The monoisotopic (exact) mass is 462 g/mol. The number of carbonyl (C=O) groups excluding carboxylic acids is 1. The van der Waals surface area contributed by atoms with Gasteiger partial charge < -0.3 is 19.3 Å². The number of aromatic amines is 1. The smallest absolute Gasteiger partial charge is 0.321 e. The number of H-pyrrole nitrogens is 1. The molecule has 0 unspecified atom stereocenters. The van der Waals surface area contributed by atoms with Crippen molar-refractivity contribution in [2.45, 2.75) is 47.1 Å². The van der Waals surface area contributed by atoms with Crippen molar-refractivity contribution in [2.75, 3.05) is 11.9 Å². The molecule has 3 N–H and O–H groups in total. The third kappa shape index (κ3) is 5.03. The zero-order valence-electron chi connectivity index (χ0n) is 19.9. The molecule has 1 aromatic carbocycles.